The lowest BCUT2D eigenvalue weighted by Gasteiger charge is -2.24. The first-order chi connectivity index (χ1) is 12.1. The molecule has 5 nitrogen and oxygen atoms in total. The summed E-state index contributed by atoms with van der Waals surface area (Å²) in [7, 11) is 0. The number of amides is 1. The zero-order valence-corrected chi connectivity index (χ0v) is 14.3. The van der Waals surface area contributed by atoms with Crippen LogP contribution in [-0.4, -0.2) is 24.5 Å². The highest BCUT2D eigenvalue weighted by atomic mass is 16.5. The molecular weight excluding hydrogens is 316 g/mol. The van der Waals surface area contributed by atoms with Gasteiger partial charge in [0.1, 0.15) is 0 Å². The summed E-state index contributed by atoms with van der Waals surface area (Å²) in [6.07, 6.45) is -0.818. The van der Waals surface area contributed by atoms with Crippen molar-refractivity contribution in [2.75, 3.05) is 11.4 Å². The van der Waals surface area contributed by atoms with E-state index in [1.165, 1.54) is 0 Å². The summed E-state index contributed by atoms with van der Waals surface area (Å²) in [5.74, 6) is -0.893. The van der Waals surface area contributed by atoms with Gasteiger partial charge in [0.2, 0.25) is 0 Å². The third-order valence-corrected chi connectivity index (χ3v) is 3.79. The summed E-state index contributed by atoms with van der Waals surface area (Å²) in [6, 6.07) is 18.0. The fraction of sp³-hybridized carbons (Fsp3) is 0.250. The first kappa shape index (κ1) is 18.2. The maximum Gasteiger partial charge on any atom is 0.339 e. The molecule has 25 heavy (non-hydrogen) atoms. The molecule has 0 radical (unpaired) electrons. The summed E-state index contributed by atoms with van der Waals surface area (Å²) >= 11 is 0. The van der Waals surface area contributed by atoms with Gasteiger partial charge in [-0.1, -0.05) is 36.4 Å². The third kappa shape index (κ3) is 4.45. The molecule has 0 fully saturated rings. The average molecular weight is 336 g/mol. The predicted molar refractivity (Wildman–Crippen MR) is 95.1 cm³/mol. The van der Waals surface area contributed by atoms with Gasteiger partial charge in [0, 0.05) is 12.2 Å². The summed E-state index contributed by atoms with van der Waals surface area (Å²) in [6.45, 7) is 3.89. The molecule has 2 aromatic rings. The van der Waals surface area contributed by atoms with E-state index in [0.717, 1.165) is 5.69 Å². The Bertz CT molecular complexity index is 781. The van der Waals surface area contributed by atoms with Crippen molar-refractivity contribution in [2.24, 2.45) is 0 Å². The Morgan fingerprint density at radius 2 is 1.76 bits per heavy atom. The summed E-state index contributed by atoms with van der Waals surface area (Å²) in [5.41, 5.74) is 1.65. The Balaban J connectivity index is 2.13. The van der Waals surface area contributed by atoms with E-state index in [9.17, 15) is 9.59 Å². The molecule has 5 heteroatoms. The van der Waals surface area contributed by atoms with Gasteiger partial charge in [-0.15, -0.1) is 0 Å². The highest BCUT2D eigenvalue weighted by Gasteiger charge is 2.25. The fourth-order valence-electron chi connectivity index (χ4n) is 2.53. The normalized spacial score (nSPS) is 11.2. The van der Waals surface area contributed by atoms with Gasteiger partial charge in [-0.2, -0.15) is 5.26 Å². The SMILES string of the molecule is CCN(C(=O)[C@@H](C)OC(=O)c1ccccc1CC#N)c1ccccc1. The lowest BCUT2D eigenvalue weighted by Crippen LogP contribution is -2.40. The number of likely N-dealkylation sites (N-methyl/N-ethyl adjacent to an activating group) is 1. The highest BCUT2D eigenvalue weighted by molar-refractivity contribution is 5.99. The Kier molecular flexibility index (Phi) is 6.30. The summed E-state index contributed by atoms with van der Waals surface area (Å²) in [4.78, 5) is 26.6. The lowest BCUT2D eigenvalue weighted by molar-refractivity contribution is -0.126. The Labute approximate surface area is 147 Å². The largest absolute Gasteiger partial charge is 0.449 e. The van der Waals surface area contributed by atoms with Crippen LogP contribution in [0.5, 0.6) is 0 Å². The molecule has 0 aliphatic rings. The number of nitriles is 1. The number of hydrogen-bond donors (Lipinski definition) is 0. The van der Waals surface area contributed by atoms with Crippen molar-refractivity contribution >= 4 is 17.6 Å². The number of esters is 1. The van der Waals surface area contributed by atoms with Gasteiger partial charge in [0.25, 0.3) is 5.91 Å². The molecular formula is C20H20N2O3. The van der Waals surface area contributed by atoms with Crippen LogP contribution in [0.15, 0.2) is 54.6 Å². The summed E-state index contributed by atoms with van der Waals surface area (Å²) in [5, 5.41) is 8.86. The van der Waals surface area contributed by atoms with Crippen LogP contribution in [0.4, 0.5) is 5.69 Å². The zero-order chi connectivity index (χ0) is 18.2. The molecule has 0 heterocycles. The van der Waals surface area contributed by atoms with Crippen molar-refractivity contribution in [3.63, 3.8) is 0 Å². The van der Waals surface area contributed by atoms with Crippen molar-refractivity contribution in [1.29, 1.82) is 5.26 Å². The molecule has 2 rings (SSSR count). The minimum atomic E-state index is -0.928. The van der Waals surface area contributed by atoms with Crippen LogP contribution in [0.2, 0.25) is 0 Å². The van der Waals surface area contributed by atoms with Gasteiger partial charge in [0.15, 0.2) is 6.10 Å². The number of nitrogens with zero attached hydrogens (tertiary/aromatic N) is 2. The van der Waals surface area contributed by atoms with Gasteiger partial charge in [-0.05, 0) is 37.6 Å². The maximum atomic E-state index is 12.6. The molecule has 0 unspecified atom stereocenters. The molecule has 0 aliphatic carbocycles. The molecule has 0 saturated carbocycles. The lowest BCUT2D eigenvalue weighted by atomic mass is 10.1. The fourth-order valence-corrected chi connectivity index (χ4v) is 2.53. The average Bonchev–Trinajstić information content (AvgIpc) is 2.63. The van der Waals surface area contributed by atoms with Gasteiger partial charge in [0.05, 0.1) is 18.1 Å². The Morgan fingerprint density at radius 3 is 2.40 bits per heavy atom. The van der Waals surface area contributed by atoms with E-state index in [4.69, 9.17) is 10.00 Å². The minimum absolute atomic E-state index is 0.110. The Hall–Kier alpha value is -3.13. The van der Waals surface area contributed by atoms with Crippen LogP contribution in [-0.2, 0) is 16.0 Å². The van der Waals surface area contributed by atoms with E-state index in [2.05, 4.69) is 0 Å². The molecule has 0 spiro atoms. The molecule has 0 N–H and O–H groups in total. The minimum Gasteiger partial charge on any atom is -0.449 e. The van der Waals surface area contributed by atoms with Crippen molar-refractivity contribution in [3.8, 4) is 6.07 Å². The van der Waals surface area contributed by atoms with E-state index in [1.54, 1.807) is 36.1 Å². The number of anilines is 1. The Morgan fingerprint density at radius 1 is 1.12 bits per heavy atom. The van der Waals surface area contributed by atoms with Gasteiger partial charge in [-0.3, -0.25) is 4.79 Å². The quantitative estimate of drug-likeness (QED) is 0.759. The predicted octanol–water partition coefficient (Wildman–Crippen LogP) is 3.35. The monoisotopic (exact) mass is 336 g/mol. The molecule has 0 aliphatic heterocycles. The first-order valence-corrected chi connectivity index (χ1v) is 8.10. The van der Waals surface area contributed by atoms with E-state index in [-0.39, 0.29) is 12.3 Å². The number of rotatable bonds is 6. The number of carbonyl (C=O) groups is 2. The first-order valence-electron chi connectivity index (χ1n) is 8.10. The molecule has 0 saturated heterocycles. The summed E-state index contributed by atoms with van der Waals surface area (Å²) < 4.78 is 5.35. The van der Waals surface area contributed by atoms with Gasteiger partial charge in [-0.25, -0.2) is 4.79 Å². The van der Waals surface area contributed by atoms with E-state index in [1.807, 2.05) is 43.3 Å². The van der Waals surface area contributed by atoms with Crippen LogP contribution in [0, 0.1) is 11.3 Å². The number of carbonyl (C=O) groups excluding carboxylic acids is 2. The molecule has 1 atom stereocenters. The molecule has 2 aromatic carbocycles. The number of benzene rings is 2. The van der Waals surface area contributed by atoms with Crippen LogP contribution in [0.1, 0.15) is 29.8 Å². The van der Waals surface area contributed by atoms with E-state index < -0.39 is 12.1 Å². The van der Waals surface area contributed by atoms with Crippen molar-refractivity contribution < 1.29 is 14.3 Å². The molecule has 1 amide bonds. The third-order valence-electron chi connectivity index (χ3n) is 3.79. The van der Waals surface area contributed by atoms with Crippen molar-refractivity contribution in [2.45, 2.75) is 26.4 Å². The smallest absolute Gasteiger partial charge is 0.339 e. The highest BCUT2D eigenvalue weighted by Crippen LogP contribution is 2.17. The van der Waals surface area contributed by atoms with Crippen LogP contribution >= 0.6 is 0 Å². The van der Waals surface area contributed by atoms with E-state index in [0.29, 0.717) is 17.7 Å². The van der Waals surface area contributed by atoms with Crippen LogP contribution < -0.4 is 4.90 Å². The maximum absolute atomic E-state index is 12.6. The van der Waals surface area contributed by atoms with Gasteiger partial charge >= 0.3 is 5.97 Å². The molecule has 128 valence electrons. The number of para-hydroxylation sites is 1. The molecule has 0 bridgehead atoms. The van der Waals surface area contributed by atoms with Crippen molar-refractivity contribution in [1.82, 2.24) is 0 Å². The molecule has 0 aromatic heterocycles. The van der Waals surface area contributed by atoms with Gasteiger partial charge < -0.3 is 9.64 Å². The van der Waals surface area contributed by atoms with E-state index >= 15 is 0 Å². The second kappa shape index (κ2) is 8.65. The van der Waals surface area contributed by atoms with Crippen molar-refractivity contribution in [3.05, 3.63) is 65.7 Å². The standard InChI is InChI=1S/C20H20N2O3/c1-3-22(17-10-5-4-6-11-17)19(23)15(2)25-20(24)18-12-8-7-9-16(18)13-14-21/h4-12,15H,3,13H2,1-2H3/t15-/m1/s1. The topological polar surface area (TPSA) is 70.4 Å². The number of ether oxygens (including phenoxy) is 1. The second-order valence-electron chi connectivity index (χ2n) is 5.46. The van der Waals surface area contributed by atoms with Crippen LogP contribution in [0.3, 0.4) is 0 Å². The van der Waals surface area contributed by atoms with Crippen LogP contribution in [0.25, 0.3) is 0 Å². The second-order valence-corrected chi connectivity index (χ2v) is 5.46. The number of hydrogen-bond acceptors (Lipinski definition) is 4. The zero-order valence-electron chi connectivity index (χ0n) is 14.3.